The minimum Gasteiger partial charge on any atom is -0.352 e. The maximum absolute atomic E-state index is 14.3. The van der Waals surface area contributed by atoms with Gasteiger partial charge in [0.1, 0.15) is 11.9 Å². The zero-order valence-corrected chi connectivity index (χ0v) is 18.8. The molecular weight excluding hydrogens is 403 g/mol. The predicted molar refractivity (Wildman–Crippen MR) is 119 cm³/mol. The molecule has 0 aromatic heterocycles. The van der Waals surface area contributed by atoms with Crippen molar-refractivity contribution in [1.82, 2.24) is 10.2 Å². The van der Waals surface area contributed by atoms with Crippen LogP contribution in [0.4, 0.5) is 4.39 Å². The van der Waals surface area contributed by atoms with Gasteiger partial charge in [0.2, 0.25) is 11.8 Å². The molecule has 162 valence electrons. The molecule has 0 heterocycles. The summed E-state index contributed by atoms with van der Waals surface area (Å²) in [6, 6.07) is 11.5. The van der Waals surface area contributed by atoms with E-state index < -0.39 is 11.9 Å². The SMILES string of the molecule is CC[C@@H](C)NC(=O)[C@H](CC)N(Cc1ccc(C)cc1)C(=O)Cc1c(F)cccc1Cl. The normalized spacial score (nSPS) is 12.9. The number of benzene rings is 2. The van der Waals surface area contributed by atoms with Crippen molar-refractivity contribution in [3.8, 4) is 0 Å². The van der Waals surface area contributed by atoms with Gasteiger partial charge in [-0.05, 0) is 44.4 Å². The third-order valence-corrected chi connectivity index (χ3v) is 5.60. The van der Waals surface area contributed by atoms with Gasteiger partial charge in [-0.25, -0.2) is 4.39 Å². The maximum atomic E-state index is 14.3. The standard InChI is InChI=1S/C24H30ClFN2O2/c1-5-17(4)27-24(30)22(6-2)28(15-18-12-10-16(3)11-13-18)23(29)14-19-20(25)8-7-9-21(19)26/h7-13,17,22H,5-6,14-15H2,1-4H3,(H,27,30)/t17-,22+/m1/s1. The van der Waals surface area contributed by atoms with Gasteiger partial charge in [0.25, 0.3) is 0 Å². The average Bonchev–Trinajstić information content (AvgIpc) is 2.71. The molecule has 0 aliphatic heterocycles. The zero-order valence-electron chi connectivity index (χ0n) is 18.0. The Hall–Kier alpha value is -2.40. The van der Waals surface area contributed by atoms with Gasteiger partial charge in [-0.2, -0.15) is 0 Å². The fraction of sp³-hybridized carbons (Fsp3) is 0.417. The molecule has 0 unspecified atom stereocenters. The van der Waals surface area contributed by atoms with E-state index >= 15 is 0 Å². The Morgan fingerprint density at radius 1 is 1.10 bits per heavy atom. The van der Waals surface area contributed by atoms with Crippen molar-refractivity contribution in [2.24, 2.45) is 0 Å². The quantitative estimate of drug-likeness (QED) is 0.602. The molecule has 0 saturated heterocycles. The Morgan fingerprint density at radius 2 is 1.77 bits per heavy atom. The fourth-order valence-corrected chi connectivity index (χ4v) is 3.43. The van der Waals surface area contributed by atoms with Crippen LogP contribution in [-0.2, 0) is 22.6 Å². The first-order valence-corrected chi connectivity index (χ1v) is 10.7. The Bertz CT molecular complexity index is 850. The Morgan fingerprint density at radius 3 is 2.33 bits per heavy atom. The number of hydrogen-bond donors (Lipinski definition) is 1. The number of carbonyl (C=O) groups excluding carboxylic acids is 2. The maximum Gasteiger partial charge on any atom is 0.243 e. The number of hydrogen-bond acceptors (Lipinski definition) is 2. The van der Waals surface area contributed by atoms with Crippen molar-refractivity contribution in [2.45, 2.75) is 65.6 Å². The minimum absolute atomic E-state index is 0.00360. The summed E-state index contributed by atoms with van der Waals surface area (Å²) in [7, 11) is 0. The first kappa shape index (κ1) is 23.9. The highest BCUT2D eigenvalue weighted by atomic mass is 35.5. The van der Waals surface area contributed by atoms with Gasteiger partial charge >= 0.3 is 0 Å². The molecule has 30 heavy (non-hydrogen) atoms. The third kappa shape index (κ3) is 6.30. The van der Waals surface area contributed by atoms with E-state index in [1.807, 2.05) is 52.0 Å². The van der Waals surface area contributed by atoms with Gasteiger partial charge in [0.05, 0.1) is 6.42 Å². The first-order valence-electron chi connectivity index (χ1n) is 10.3. The zero-order chi connectivity index (χ0) is 22.3. The van der Waals surface area contributed by atoms with Crippen molar-refractivity contribution in [3.05, 3.63) is 70.0 Å². The molecule has 2 aromatic carbocycles. The molecule has 0 aliphatic rings. The van der Waals surface area contributed by atoms with Gasteiger partial charge in [-0.3, -0.25) is 9.59 Å². The van der Waals surface area contributed by atoms with Crippen molar-refractivity contribution >= 4 is 23.4 Å². The smallest absolute Gasteiger partial charge is 0.243 e. The second-order valence-electron chi connectivity index (χ2n) is 7.63. The van der Waals surface area contributed by atoms with Crippen LogP contribution in [0.1, 0.15) is 50.3 Å². The van der Waals surface area contributed by atoms with Crippen LogP contribution in [0.3, 0.4) is 0 Å². The van der Waals surface area contributed by atoms with Crippen molar-refractivity contribution in [2.75, 3.05) is 0 Å². The summed E-state index contributed by atoms with van der Waals surface area (Å²) in [4.78, 5) is 27.7. The molecule has 0 saturated carbocycles. The monoisotopic (exact) mass is 432 g/mol. The highest BCUT2D eigenvalue weighted by Gasteiger charge is 2.30. The highest BCUT2D eigenvalue weighted by molar-refractivity contribution is 6.31. The summed E-state index contributed by atoms with van der Waals surface area (Å²) >= 11 is 6.13. The molecule has 0 fully saturated rings. The topological polar surface area (TPSA) is 49.4 Å². The lowest BCUT2D eigenvalue weighted by molar-refractivity contribution is -0.141. The van der Waals surface area contributed by atoms with Crippen LogP contribution >= 0.6 is 11.6 Å². The van der Waals surface area contributed by atoms with Crippen LogP contribution in [0, 0.1) is 12.7 Å². The lowest BCUT2D eigenvalue weighted by atomic mass is 10.1. The summed E-state index contributed by atoms with van der Waals surface area (Å²) in [5, 5.41) is 3.17. The van der Waals surface area contributed by atoms with E-state index in [0.717, 1.165) is 17.5 Å². The molecule has 1 N–H and O–H groups in total. The van der Waals surface area contributed by atoms with E-state index in [9.17, 15) is 14.0 Å². The van der Waals surface area contributed by atoms with Crippen molar-refractivity contribution < 1.29 is 14.0 Å². The second-order valence-corrected chi connectivity index (χ2v) is 8.03. The number of amides is 2. The predicted octanol–water partition coefficient (Wildman–Crippen LogP) is 5.05. The number of carbonyl (C=O) groups is 2. The molecule has 6 heteroatoms. The largest absolute Gasteiger partial charge is 0.352 e. The van der Waals surface area contributed by atoms with Crippen molar-refractivity contribution in [1.29, 1.82) is 0 Å². The Balaban J connectivity index is 2.34. The van der Waals surface area contributed by atoms with E-state index in [1.165, 1.54) is 17.0 Å². The third-order valence-electron chi connectivity index (χ3n) is 5.25. The van der Waals surface area contributed by atoms with Gasteiger partial charge in [-0.15, -0.1) is 0 Å². The second kappa shape index (κ2) is 11.1. The molecule has 0 bridgehead atoms. The van der Waals surface area contributed by atoms with E-state index in [1.54, 1.807) is 6.07 Å². The van der Waals surface area contributed by atoms with Gasteiger partial charge in [-0.1, -0.05) is 61.3 Å². The fourth-order valence-electron chi connectivity index (χ4n) is 3.20. The lowest BCUT2D eigenvalue weighted by Gasteiger charge is -2.31. The molecule has 2 amide bonds. The summed E-state index contributed by atoms with van der Waals surface area (Å²) in [5.41, 5.74) is 2.16. The molecule has 0 spiro atoms. The summed E-state index contributed by atoms with van der Waals surface area (Å²) in [5.74, 6) is -1.07. The number of aryl methyl sites for hydroxylation is 1. The average molecular weight is 433 g/mol. The van der Waals surface area contributed by atoms with E-state index in [2.05, 4.69) is 5.32 Å². The van der Waals surface area contributed by atoms with E-state index in [4.69, 9.17) is 11.6 Å². The van der Waals surface area contributed by atoms with Crippen LogP contribution in [0.5, 0.6) is 0 Å². The van der Waals surface area contributed by atoms with Crippen LogP contribution in [-0.4, -0.2) is 28.8 Å². The van der Waals surface area contributed by atoms with E-state index in [0.29, 0.717) is 6.42 Å². The first-order chi connectivity index (χ1) is 14.3. The molecule has 2 rings (SSSR count). The molecule has 0 radical (unpaired) electrons. The lowest BCUT2D eigenvalue weighted by Crippen LogP contribution is -2.51. The van der Waals surface area contributed by atoms with Crippen LogP contribution in [0.2, 0.25) is 5.02 Å². The van der Waals surface area contributed by atoms with E-state index in [-0.39, 0.29) is 41.4 Å². The molecule has 0 aliphatic carbocycles. The number of rotatable bonds is 9. The van der Waals surface area contributed by atoms with Crippen LogP contribution in [0.25, 0.3) is 0 Å². The Kier molecular flexibility index (Phi) is 8.85. The molecule has 2 aromatic rings. The van der Waals surface area contributed by atoms with Gasteiger partial charge < -0.3 is 10.2 Å². The molecular formula is C24H30ClFN2O2. The minimum atomic E-state index is -0.654. The van der Waals surface area contributed by atoms with Crippen LogP contribution < -0.4 is 5.32 Å². The summed E-state index contributed by atoms with van der Waals surface area (Å²) < 4.78 is 14.3. The molecule has 2 atom stereocenters. The number of nitrogens with one attached hydrogen (secondary N) is 1. The summed E-state index contributed by atoms with van der Waals surface area (Å²) in [6.07, 6.45) is 1.04. The van der Waals surface area contributed by atoms with Gasteiger partial charge in [0.15, 0.2) is 0 Å². The highest BCUT2D eigenvalue weighted by Crippen LogP contribution is 2.22. The number of halogens is 2. The van der Waals surface area contributed by atoms with Gasteiger partial charge in [0, 0.05) is 23.2 Å². The van der Waals surface area contributed by atoms with Crippen molar-refractivity contribution in [3.63, 3.8) is 0 Å². The van der Waals surface area contributed by atoms with Crippen LogP contribution in [0.15, 0.2) is 42.5 Å². The molecule has 4 nitrogen and oxygen atoms in total. The number of nitrogens with zero attached hydrogens (tertiary/aromatic N) is 1. The summed E-state index contributed by atoms with van der Waals surface area (Å²) in [6.45, 7) is 8.03. The Labute approximate surface area is 183 Å².